The Morgan fingerprint density at radius 3 is 2.24 bits per heavy atom. The summed E-state index contributed by atoms with van der Waals surface area (Å²) < 4.78 is 43.5. The molecule has 2 amide bonds. The number of rotatable bonds is 4. The number of anilines is 2. The van der Waals surface area contributed by atoms with Gasteiger partial charge in [0, 0.05) is 43.1 Å². The lowest BCUT2D eigenvalue weighted by molar-refractivity contribution is -0.185. The fourth-order valence-electron chi connectivity index (χ4n) is 3.25. The highest BCUT2D eigenvalue weighted by Gasteiger charge is 2.43. The van der Waals surface area contributed by atoms with Crippen molar-refractivity contribution >= 4 is 56.4 Å². The summed E-state index contributed by atoms with van der Waals surface area (Å²) in [6.07, 6.45) is -4.85. The first-order valence-electron chi connectivity index (χ1n) is 9.75. The predicted molar refractivity (Wildman–Crippen MR) is 126 cm³/mol. The molecule has 1 fully saturated rings. The Bertz CT molecular complexity index is 1040. The van der Waals surface area contributed by atoms with E-state index in [1.807, 2.05) is 4.90 Å². The van der Waals surface area contributed by atoms with E-state index in [0.29, 0.717) is 34.6 Å². The van der Waals surface area contributed by atoms with Crippen molar-refractivity contribution in [3.8, 4) is 5.75 Å². The number of benzene rings is 2. The fraction of sp³-hybridized carbons (Fsp3) is 0.286. The maximum absolute atomic E-state index is 12.6. The third kappa shape index (κ3) is 6.35. The highest BCUT2D eigenvalue weighted by atomic mass is 79.9. The summed E-state index contributed by atoms with van der Waals surface area (Å²) in [7, 11) is 1.53. The van der Waals surface area contributed by atoms with Gasteiger partial charge in [-0.3, -0.25) is 14.9 Å². The summed E-state index contributed by atoms with van der Waals surface area (Å²) in [6.45, 7) is 0.576. The molecule has 176 valence electrons. The molecule has 0 unspecified atom stereocenters. The van der Waals surface area contributed by atoms with Crippen LogP contribution >= 0.6 is 28.1 Å². The van der Waals surface area contributed by atoms with Crippen LogP contribution in [0.3, 0.4) is 0 Å². The number of carbonyl (C=O) groups is 2. The maximum atomic E-state index is 12.6. The first kappa shape index (κ1) is 24.8. The SMILES string of the molecule is COc1ccc(C(=O)NC(=S)Nc2ccc(N3CCN(C(=O)C(F)(F)F)CC3)cc2)cc1Br. The fourth-order valence-corrected chi connectivity index (χ4v) is 4.00. The molecule has 0 aliphatic carbocycles. The molecule has 2 aromatic rings. The monoisotopic (exact) mass is 544 g/mol. The van der Waals surface area contributed by atoms with Gasteiger partial charge in [-0.2, -0.15) is 13.2 Å². The normalized spacial score (nSPS) is 14.0. The van der Waals surface area contributed by atoms with Crippen LogP contribution in [0.2, 0.25) is 0 Å². The van der Waals surface area contributed by atoms with E-state index in [4.69, 9.17) is 17.0 Å². The van der Waals surface area contributed by atoms with Crippen molar-refractivity contribution < 1.29 is 27.5 Å². The first-order valence-corrected chi connectivity index (χ1v) is 11.0. The van der Waals surface area contributed by atoms with E-state index in [9.17, 15) is 22.8 Å². The van der Waals surface area contributed by atoms with Gasteiger partial charge in [0.2, 0.25) is 0 Å². The van der Waals surface area contributed by atoms with E-state index < -0.39 is 18.0 Å². The molecular formula is C21H20BrF3N4O3S. The molecule has 0 bridgehead atoms. The Hall–Kier alpha value is -2.86. The standard InChI is InChI=1S/C21H20BrF3N4O3S/c1-32-17-7-2-13(12-16(17)22)18(30)27-20(33)26-14-3-5-15(6-4-14)28-8-10-29(11-9-28)19(31)21(23,24)25/h2-7,12H,8-11H2,1H3,(H2,26,27,30,33). The second kappa shape index (κ2) is 10.4. The average molecular weight is 545 g/mol. The van der Waals surface area contributed by atoms with Gasteiger partial charge in [0.15, 0.2) is 5.11 Å². The van der Waals surface area contributed by atoms with Crippen molar-refractivity contribution in [2.24, 2.45) is 0 Å². The van der Waals surface area contributed by atoms with Gasteiger partial charge in [0.05, 0.1) is 11.6 Å². The van der Waals surface area contributed by atoms with Crippen LogP contribution in [0.5, 0.6) is 5.75 Å². The summed E-state index contributed by atoms with van der Waals surface area (Å²) in [5.41, 5.74) is 1.83. The Labute approximate surface area is 202 Å². The number of nitrogens with zero attached hydrogens (tertiary/aromatic N) is 2. The number of carbonyl (C=O) groups excluding carboxylic acids is 2. The van der Waals surface area contributed by atoms with Crippen molar-refractivity contribution in [2.75, 3.05) is 43.5 Å². The second-order valence-electron chi connectivity index (χ2n) is 7.08. The molecule has 33 heavy (non-hydrogen) atoms. The molecule has 1 aliphatic heterocycles. The van der Waals surface area contributed by atoms with Gasteiger partial charge in [-0.25, -0.2) is 0 Å². The zero-order valence-electron chi connectivity index (χ0n) is 17.4. The third-order valence-corrected chi connectivity index (χ3v) is 5.76. The maximum Gasteiger partial charge on any atom is 0.471 e. The lowest BCUT2D eigenvalue weighted by Crippen LogP contribution is -2.52. The van der Waals surface area contributed by atoms with E-state index in [0.717, 1.165) is 10.6 Å². The topological polar surface area (TPSA) is 73.9 Å². The highest BCUT2D eigenvalue weighted by molar-refractivity contribution is 9.10. The van der Waals surface area contributed by atoms with Gasteiger partial charge in [-0.15, -0.1) is 0 Å². The summed E-state index contributed by atoms with van der Waals surface area (Å²) >= 11 is 8.53. The minimum Gasteiger partial charge on any atom is -0.496 e. The summed E-state index contributed by atoms with van der Waals surface area (Å²) in [4.78, 5) is 26.4. The van der Waals surface area contributed by atoms with E-state index >= 15 is 0 Å². The van der Waals surface area contributed by atoms with Gasteiger partial charge >= 0.3 is 12.1 Å². The number of hydrogen-bond acceptors (Lipinski definition) is 5. The van der Waals surface area contributed by atoms with E-state index in [1.54, 1.807) is 42.5 Å². The van der Waals surface area contributed by atoms with Gasteiger partial charge < -0.3 is 19.9 Å². The Balaban J connectivity index is 1.52. The zero-order chi connectivity index (χ0) is 24.2. The molecule has 0 radical (unpaired) electrons. The number of hydrogen-bond donors (Lipinski definition) is 2. The Morgan fingerprint density at radius 2 is 1.70 bits per heavy atom. The number of alkyl halides is 3. The van der Waals surface area contributed by atoms with Gasteiger partial charge in [0.25, 0.3) is 5.91 Å². The quantitative estimate of drug-likeness (QED) is 0.570. The molecule has 1 aliphatic rings. The molecule has 0 aromatic heterocycles. The van der Waals surface area contributed by atoms with E-state index in [-0.39, 0.29) is 18.2 Å². The molecular weight excluding hydrogens is 525 g/mol. The van der Waals surface area contributed by atoms with Crippen LogP contribution in [0.15, 0.2) is 46.9 Å². The van der Waals surface area contributed by atoms with Crippen molar-refractivity contribution in [3.05, 3.63) is 52.5 Å². The van der Waals surface area contributed by atoms with Crippen molar-refractivity contribution in [2.45, 2.75) is 6.18 Å². The number of methoxy groups -OCH3 is 1. The summed E-state index contributed by atoms with van der Waals surface area (Å²) in [6, 6.07) is 11.9. The van der Waals surface area contributed by atoms with Crippen LogP contribution in [0.1, 0.15) is 10.4 Å². The Morgan fingerprint density at radius 1 is 1.06 bits per heavy atom. The Kier molecular flexibility index (Phi) is 7.80. The summed E-state index contributed by atoms with van der Waals surface area (Å²) in [5, 5.41) is 5.62. The van der Waals surface area contributed by atoms with Gasteiger partial charge in [-0.1, -0.05) is 0 Å². The number of thiocarbonyl (C=S) groups is 1. The van der Waals surface area contributed by atoms with E-state index in [2.05, 4.69) is 26.6 Å². The number of ether oxygens (including phenoxy) is 1. The van der Waals surface area contributed by atoms with Crippen LogP contribution in [-0.4, -0.2) is 61.3 Å². The minimum atomic E-state index is -4.85. The molecule has 12 heteroatoms. The molecule has 0 spiro atoms. The zero-order valence-corrected chi connectivity index (χ0v) is 19.8. The van der Waals surface area contributed by atoms with Crippen LogP contribution in [0.4, 0.5) is 24.5 Å². The van der Waals surface area contributed by atoms with Crippen LogP contribution in [0.25, 0.3) is 0 Å². The molecule has 0 atom stereocenters. The molecule has 7 nitrogen and oxygen atoms in total. The number of halogens is 4. The van der Waals surface area contributed by atoms with Crippen LogP contribution in [-0.2, 0) is 4.79 Å². The number of piperazine rings is 1. The average Bonchev–Trinajstić information content (AvgIpc) is 2.78. The molecule has 1 saturated heterocycles. The van der Waals surface area contributed by atoms with Gasteiger partial charge in [-0.05, 0) is 70.6 Å². The predicted octanol–water partition coefficient (Wildman–Crippen LogP) is 3.80. The number of nitrogens with one attached hydrogen (secondary N) is 2. The van der Waals surface area contributed by atoms with E-state index in [1.165, 1.54) is 7.11 Å². The molecule has 2 aromatic carbocycles. The minimum absolute atomic E-state index is 0.00403. The largest absolute Gasteiger partial charge is 0.496 e. The smallest absolute Gasteiger partial charge is 0.471 e. The van der Waals surface area contributed by atoms with Crippen molar-refractivity contribution in [1.29, 1.82) is 0 Å². The first-order chi connectivity index (χ1) is 15.6. The van der Waals surface area contributed by atoms with Crippen LogP contribution in [0, 0.1) is 0 Å². The highest BCUT2D eigenvalue weighted by Crippen LogP contribution is 2.26. The molecule has 3 rings (SSSR count). The van der Waals surface area contributed by atoms with Crippen molar-refractivity contribution in [1.82, 2.24) is 10.2 Å². The molecule has 1 heterocycles. The van der Waals surface area contributed by atoms with Crippen LogP contribution < -0.4 is 20.3 Å². The molecule has 2 N–H and O–H groups in total. The second-order valence-corrected chi connectivity index (χ2v) is 8.34. The third-order valence-electron chi connectivity index (χ3n) is 4.94. The number of amides is 2. The lowest BCUT2D eigenvalue weighted by Gasteiger charge is -2.36. The lowest BCUT2D eigenvalue weighted by atomic mass is 10.2. The van der Waals surface area contributed by atoms with Gasteiger partial charge in [0.1, 0.15) is 5.75 Å². The molecule has 0 saturated carbocycles. The van der Waals surface area contributed by atoms with Crippen molar-refractivity contribution in [3.63, 3.8) is 0 Å². The summed E-state index contributed by atoms with van der Waals surface area (Å²) in [5.74, 6) is -1.60.